The average Bonchev–Trinajstić information content (AvgIpc) is 2.24. The van der Waals surface area contributed by atoms with Crippen LogP contribution >= 0.6 is 0 Å². The Morgan fingerprint density at radius 3 is 2.44 bits per heavy atom. The predicted molar refractivity (Wildman–Crippen MR) is 66.7 cm³/mol. The molecular formula is C11H17N5O2. The molecule has 0 bridgehead atoms. The first-order valence-electron chi connectivity index (χ1n) is 5.44. The second kappa shape index (κ2) is 5.44. The van der Waals surface area contributed by atoms with E-state index in [1.54, 1.807) is 0 Å². The Morgan fingerprint density at radius 1 is 1.28 bits per heavy atom. The quantitative estimate of drug-likeness (QED) is 0.683. The molecule has 0 aliphatic rings. The summed E-state index contributed by atoms with van der Waals surface area (Å²) in [5.74, 6) is -0.497. The largest absolute Gasteiger partial charge is 0.382 e. The van der Waals surface area contributed by atoms with E-state index >= 15 is 0 Å². The molecule has 1 aromatic heterocycles. The van der Waals surface area contributed by atoms with Crippen molar-refractivity contribution in [3.05, 3.63) is 18.1 Å². The summed E-state index contributed by atoms with van der Waals surface area (Å²) >= 11 is 0. The lowest BCUT2D eigenvalue weighted by atomic mass is 10.1. The lowest BCUT2D eigenvalue weighted by molar-refractivity contribution is -0.121. The van der Waals surface area contributed by atoms with Gasteiger partial charge in [-0.15, -0.1) is 0 Å². The third-order valence-corrected chi connectivity index (χ3v) is 1.83. The molecule has 18 heavy (non-hydrogen) atoms. The number of nitrogens with zero attached hydrogens (tertiary/aromatic N) is 2. The number of carbonyl (C=O) groups is 2. The van der Waals surface area contributed by atoms with Crippen LogP contribution in [0.15, 0.2) is 12.4 Å². The van der Waals surface area contributed by atoms with E-state index in [9.17, 15) is 9.59 Å². The fourth-order valence-electron chi connectivity index (χ4n) is 1.17. The molecule has 0 fully saturated rings. The van der Waals surface area contributed by atoms with E-state index in [1.165, 1.54) is 12.4 Å². The van der Waals surface area contributed by atoms with Crippen molar-refractivity contribution >= 4 is 17.6 Å². The van der Waals surface area contributed by atoms with E-state index in [0.717, 1.165) is 0 Å². The molecule has 1 rings (SSSR count). The van der Waals surface area contributed by atoms with E-state index in [1.807, 2.05) is 20.8 Å². The Morgan fingerprint density at radius 2 is 1.94 bits per heavy atom. The van der Waals surface area contributed by atoms with Gasteiger partial charge in [0.2, 0.25) is 5.91 Å². The standard InChI is InChI=1S/C11H17N5O2/c1-11(2,3)16-9(17)6-15-10(18)7-4-14-8(12)5-13-7/h4-5H,6H2,1-3H3,(H2,12,14)(H,15,18)(H,16,17). The third-order valence-electron chi connectivity index (χ3n) is 1.83. The fourth-order valence-corrected chi connectivity index (χ4v) is 1.17. The van der Waals surface area contributed by atoms with Crippen molar-refractivity contribution in [1.82, 2.24) is 20.6 Å². The summed E-state index contributed by atoms with van der Waals surface area (Å²) in [4.78, 5) is 30.6. The first-order chi connectivity index (χ1) is 8.28. The number of hydrogen-bond donors (Lipinski definition) is 3. The highest BCUT2D eigenvalue weighted by Crippen LogP contribution is 1.98. The van der Waals surface area contributed by atoms with Gasteiger partial charge in [-0.3, -0.25) is 9.59 Å². The van der Waals surface area contributed by atoms with Gasteiger partial charge in [0.05, 0.1) is 18.9 Å². The minimum absolute atomic E-state index is 0.109. The Balaban J connectivity index is 2.47. The number of nitrogens with one attached hydrogen (secondary N) is 2. The van der Waals surface area contributed by atoms with Gasteiger partial charge in [-0.2, -0.15) is 0 Å². The first kappa shape index (κ1) is 13.9. The molecule has 0 aliphatic carbocycles. The minimum Gasteiger partial charge on any atom is -0.382 e. The second-order valence-electron chi connectivity index (χ2n) is 4.81. The topological polar surface area (TPSA) is 110 Å². The Kier molecular flexibility index (Phi) is 4.19. The summed E-state index contributed by atoms with van der Waals surface area (Å²) in [6.45, 7) is 5.47. The van der Waals surface area contributed by atoms with Crippen molar-refractivity contribution in [3.8, 4) is 0 Å². The Labute approximate surface area is 105 Å². The molecule has 7 nitrogen and oxygen atoms in total. The molecule has 7 heteroatoms. The summed E-state index contributed by atoms with van der Waals surface area (Å²) in [5.41, 5.74) is 5.14. The molecule has 0 saturated heterocycles. The van der Waals surface area contributed by atoms with Gasteiger partial charge in [0.1, 0.15) is 11.5 Å². The molecule has 0 unspecified atom stereocenters. The molecule has 0 atom stereocenters. The number of aromatic nitrogens is 2. The average molecular weight is 251 g/mol. The SMILES string of the molecule is CC(C)(C)NC(=O)CNC(=O)c1cnc(N)cn1. The van der Waals surface area contributed by atoms with Gasteiger partial charge in [-0.1, -0.05) is 0 Å². The zero-order valence-corrected chi connectivity index (χ0v) is 10.7. The van der Waals surface area contributed by atoms with Crippen LogP contribution in [0.1, 0.15) is 31.3 Å². The number of anilines is 1. The maximum absolute atomic E-state index is 11.6. The first-order valence-corrected chi connectivity index (χ1v) is 5.44. The van der Waals surface area contributed by atoms with Gasteiger partial charge < -0.3 is 16.4 Å². The van der Waals surface area contributed by atoms with Gasteiger partial charge in [0, 0.05) is 5.54 Å². The molecule has 0 aliphatic heterocycles. The Bertz CT molecular complexity index is 436. The van der Waals surface area contributed by atoms with Crippen LogP contribution in [0, 0.1) is 0 Å². The van der Waals surface area contributed by atoms with Gasteiger partial charge in [-0.25, -0.2) is 9.97 Å². The van der Waals surface area contributed by atoms with Crippen LogP contribution in [-0.4, -0.2) is 33.9 Å². The van der Waals surface area contributed by atoms with E-state index in [-0.39, 0.29) is 29.5 Å². The number of hydrogen-bond acceptors (Lipinski definition) is 5. The van der Waals surface area contributed by atoms with E-state index in [4.69, 9.17) is 5.73 Å². The van der Waals surface area contributed by atoms with Crippen LogP contribution in [0.4, 0.5) is 5.82 Å². The third kappa shape index (κ3) is 4.77. The van der Waals surface area contributed by atoms with Crippen molar-refractivity contribution in [3.63, 3.8) is 0 Å². The fraction of sp³-hybridized carbons (Fsp3) is 0.455. The van der Waals surface area contributed by atoms with Crippen molar-refractivity contribution in [2.24, 2.45) is 0 Å². The number of amides is 2. The summed E-state index contributed by atoms with van der Waals surface area (Å²) in [6, 6.07) is 0. The lowest BCUT2D eigenvalue weighted by Crippen LogP contribution is -2.45. The maximum Gasteiger partial charge on any atom is 0.271 e. The van der Waals surface area contributed by atoms with Gasteiger partial charge in [0.15, 0.2) is 0 Å². The monoisotopic (exact) mass is 251 g/mol. The maximum atomic E-state index is 11.6. The molecule has 2 amide bonds. The minimum atomic E-state index is -0.466. The number of nitrogens with two attached hydrogens (primary N) is 1. The number of carbonyl (C=O) groups excluding carboxylic acids is 2. The van der Waals surface area contributed by atoms with Crippen molar-refractivity contribution in [2.45, 2.75) is 26.3 Å². The van der Waals surface area contributed by atoms with Crippen LogP contribution in [0.5, 0.6) is 0 Å². The molecule has 4 N–H and O–H groups in total. The number of nitrogen functional groups attached to an aromatic ring is 1. The predicted octanol–water partition coefficient (Wildman–Crippen LogP) is -0.297. The highest BCUT2D eigenvalue weighted by atomic mass is 16.2. The van der Waals surface area contributed by atoms with E-state index in [2.05, 4.69) is 20.6 Å². The summed E-state index contributed by atoms with van der Waals surface area (Å²) in [6.07, 6.45) is 2.54. The van der Waals surface area contributed by atoms with E-state index < -0.39 is 5.91 Å². The Hall–Kier alpha value is -2.18. The summed E-state index contributed by atoms with van der Waals surface area (Å²) in [5, 5.41) is 5.17. The van der Waals surface area contributed by atoms with Gasteiger partial charge >= 0.3 is 0 Å². The molecule has 0 spiro atoms. The van der Waals surface area contributed by atoms with Crippen molar-refractivity contribution in [2.75, 3.05) is 12.3 Å². The molecule has 0 saturated carbocycles. The van der Waals surface area contributed by atoms with E-state index in [0.29, 0.717) is 0 Å². The van der Waals surface area contributed by atoms with Crippen LogP contribution < -0.4 is 16.4 Å². The lowest BCUT2D eigenvalue weighted by Gasteiger charge is -2.20. The number of rotatable bonds is 3. The zero-order valence-electron chi connectivity index (χ0n) is 10.7. The van der Waals surface area contributed by atoms with Crippen LogP contribution in [0.2, 0.25) is 0 Å². The zero-order chi connectivity index (χ0) is 13.8. The highest BCUT2D eigenvalue weighted by molar-refractivity contribution is 5.94. The normalized spacial score (nSPS) is 10.8. The summed E-state index contributed by atoms with van der Waals surface area (Å²) in [7, 11) is 0. The molecule has 0 radical (unpaired) electrons. The van der Waals surface area contributed by atoms with Gasteiger partial charge in [-0.05, 0) is 20.8 Å². The van der Waals surface area contributed by atoms with Crippen molar-refractivity contribution in [1.29, 1.82) is 0 Å². The highest BCUT2D eigenvalue weighted by Gasteiger charge is 2.15. The summed E-state index contributed by atoms with van der Waals surface area (Å²) < 4.78 is 0. The smallest absolute Gasteiger partial charge is 0.271 e. The van der Waals surface area contributed by atoms with Gasteiger partial charge in [0.25, 0.3) is 5.91 Å². The van der Waals surface area contributed by atoms with Crippen LogP contribution in [0.3, 0.4) is 0 Å². The van der Waals surface area contributed by atoms with Crippen LogP contribution in [-0.2, 0) is 4.79 Å². The molecule has 0 aromatic carbocycles. The molecule has 98 valence electrons. The van der Waals surface area contributed by atoms with Crippen LogP contribution in [0.25, 0.3) is 0 Å². The molecule has 1 aromatic rings. The van der Waals surface area contributed by atoms with Crippen molar-refractivity contribution < 1.29 is 9.59 Å². The molecular weight excluding hydrogens is 234 g/mol. The second-order valence-corrected chi connectivity index (χ2v) is 4.81. The molecule has 1 heterocycles.